The molecular weight excluding hydrogens is 448 g/mol. The zero-order chi connectivity index (χ0) is 24.9. The van der Waals surface area contributed by atoms with Crippen LogP contribution >= 0.6 is 11.6 Å². The number of carboxylic acid groups (broad SMARTS) is 1. The molecule has 0 aromatic carbocycles. The number of carbonyl (C=O) groups is 4. The zero-order valence-electron chi connectivity index (χ0n) is 19.2. The van der Waals surface area contributed by atoms with E-state index in [1.807, 2.05) is 13.0 Å². The van der Waals surface area contributed by atoms with E-state index in [2.05, 4.69) is 19.9 Å². The predicted octanol–water partition coefficient (Wildman–Crippen LogP) is 4.70. The van der Waals surface area contributed by atoms with Crippen molar-refractivity contribution in [3.05, 3.63) is 69.7 Å². The van der Waals surface area contributed by atoms with Crippen molar-refractivity contribution < 1.29 is 33.8 Å². The van der Waals surface area contributed by atoms with Crippen molar-refractivity contribution in [3.63, 3.8) is 0 Å². The number of carbonyl (C=O) groups excluding carboxylic acids is 3. The van der Waals surface area contributed by atoms with Crippen molar-refractivity contribution in [2.75, 3.05) is 0 Å². The Labute approximate surface area is 197 Å². The Bertz CT molecular complexity index is 1070. The maximum absolute atomic E-state index is 13.1. The lowest BCUT2D eigenvalue weighted by atomic mass is 9.80. The number of allylic oxidation sites excluding steroid dienone is 6. The van der Waals surface area contributed by atoms with Gasteiger partial charge in [-0.25, -0.2) is 4.79 Å². The molecule has 1 N–H and O–H groups in total. The average molecular weight is 475 g/mol. The number of carboxylic acids is 1. The summed E-state index contributed by atoms with van der Waals surface area (Å²) in [6.07, 6.45) is 9.90. The zero-order valence-corrected chi connectivity index (χ0v) is 20.0. The molecule has 33 heavy (non-hydrogen) atoms. The van der Waals surface area contributed by atoms with E-state index >= 15 is 0 Å². The van der Waals surface area contributed by atoms with E-state index in [-0.39, 0.29) is 28.2 Å². The van der Waals surface area contributed by atoms with Crippen LogP contribution < -0.4 is 0 Å². The van der Waals surface area contributed by atoms with Crippen LogP contribution in [-0.2, 0) is 28.7 Å². The van der Waals surface area contributed by atoms with Crippen molar-refractivity contribution >= 4 is 35.1 Å². The van der Waals surface area contributed by atoms with Gasteiger partial charge in [0.15, 0.2) is 0 Å². The fraction of sp³-hybridized carbons (Fsp3) is 0.360. The smallest absolute Gasteiger partial charge is 0.332 e. The van der Waals surface area contributed by atoms with Crippen LogP contribution in [0.5, 0.6) is 0 Å². The molecular formula is C25H27ClO7. The molecule has 0 bridgehead atoms. The molecule has 0 fully saturated rings. The molecule has 1 aliphatic carbocycles. The fourth-order valence-corrected chi connectivity index (χ4v) is 3.57. The molecule has 0 radical (unpaired) electrons. The number of rotatable bonds is 8. The molecule has 176 valence electrons. The third-order valence-electron chi connectivity index (χ3n) is 5.24. The highest BCUT2D eigenvalue weighted by Crippen LogP contribution is 2.38. The van der Waals surface area contributed by atoms with E-state index < -0.39 is 29.1 Å². The lowest BCUT2D eigenvalue weighted by Crippen LogP contribution is -2.51. The van der Waals surface area contributed by atoms with Gasteiger partial charge in [0.1, 0.15) is 12.0 Å². The fourth-order valence-electron chi connectivity index (χ4n) is 3.23. The third kappa shape index (κ3) is 6.20. The molecule has 2 rings (SSSR count). The molecule has 1 heterocycles. The summed E-state index contributed by atoms with van der Waals surface area (Å²) in [6, 6.07) is 0. The Morgan fingerprint density at radius 3 is 2.55 bits per heavy atom. The molecule has 0 unspecified atom stereocenters. The van der Waals surface area contributed by atoms with Crippen LogP contribution in [0.2, 0.25) is 0 Å². The monoisotopic (exact) mass is 474 g/mol. The molecule has 2 atom stereocenters. The molecule has 0 amide bonds. The summed E-state index contributed by atoms with van der Waals surface area (Å²) >= 11 is 6.28. The minimum absolute atomic E-state index is 0.00477. The number of hydrogen-bond acceptors (Lipinski definition) is 6. The highest BCUT2D eigenvalue weighted by molar-refractivity contribution is 6.49. The highest BCUT2D eigenvalue weighted by Gasteiger charge is 2.52. The largest absolute Gasteiger partial charge is 0.481 e. The number of esters is 1. The second kappa shape index (κ2) is 10.6. The number of Topliss-reactive ketones (excluding diaryl/α,β-unsaturated/α-hetero) is 2. The number of aliphatic carboxylic acids is 1. The van der Waals surface area contributed by atoms with E-state index in [1.54, 1.807) is 6.08 Å². The molecule has 1 aliphatic heterocycles. The normalized spacial score (nSPS) is 22.5. The van der Waals surface area contributed by atoms with Gasteiger partial charge in [-0.1, -0.05) is 55.2 Å². The second-order valence-corrected chi connectivity index (χ2v) is 8.61. The summed E-state index contributed by atoms with van der Waals surface area (Å²) in [6.45, 7) is 8.74. The van der Waals surface area contributed by atoms with Crippen LogP contribution in [0.1, 0.15) is 47.5 Å². The SMILES string of the molecule is CC[C@H](C)/C=C(C)/C=C/C1=CC2=C(Cl)C(=O)[C@@](C)(OC(=O)/C=C(/C)CC(=O)O)C(=O)C2=CO1. The van der Waals surface area contributed by atoms with Crippen LogP contribution in [0.25, 0.3) is 0 Å². The van der Waals surface area contributed by atoms with Crippen molar-refractivity contribution in [2.24, 2.45) is 5.92 Å². The van der Waals surface area contributed by atoms with Gasteiger partial charge in [0.2, 0.25) is 17.2 Å². The van der Waals surface area contributed by atoms with E-state index in [9.17, 15) is 19.2 Å². The van der Waals surface area contributed by atoms with Gasteiger partial charge in [-0.2, -0.15) is 0 Å². The Balaban J connectivity index is 2.31. The van der Waals surface area contributed by atoms with Crippen molar-refractivity contribution in [1.82, 2.24) is 0 Å². The third-order valence-corrected chi connectivity index (χ3v) is 5.61. The summed E-state index contributed by atoms with van der Waals surface area (Å²) in [5.41, 5.74) is -0.766. The molecule has 2 aliphatic rings. The summed E-state index contributed by atoms with van der Waals surface area (Å²) < 4.78 is 10.7. The highest BCUT2D eigenvalue weighted by atomic mass is 35.5. The first-order valence-corrected chi connectivity index (χ1v) is 10.8. The molecule has 0 saturated carbocycles. The van der Waals surface area contributed by atoms with Crippen LogP contribution in [0, 0.1) is 5.92 Å². The Hall–Kier alpha value is -3.19. The van der Waals surface area contributed by atoms with Crippen LogP contribution in [0.15, 0.2) is 69.7 Å². The van der Waals surface area contributed by atoms with Gasteiger partial charge < -0.3 is 14.6 Å². The van der Waals surface area contributed by atoms with Gasteiger partial charge in [-0.3, -0.25) is 14.4 Å². The number of ketones is 2. The van der Waals surface area contributed by atoms with Gasteiger partial charge in [0, 0.05) is 11.6 Å². The van der Waals surface area contributed by atoms with Gasteiger partial charge >= 0.3 is 11.9 Å². The summed E-state index contributed by atoms with van der Waals surface area (Å²) in [5, 5.41) is 8.54. The van der Waals surface area contributed by atoms with Crippen LogP contribution in [0.4, 0.5) is 0 Å². The Morgan fingerprint density at radius 2 is 1.94 bits per heavy atom. The molecule has 0 aromatic rings. The number of fused-ring (bicyclic) bond motifs is 1. The lowest BCUT2D eigenvalue weighted by Gasteiger charge is -2.32. The van der Waals surface area contributed by atoms with Crippen molar-refractivity contribution in [1.29, 1.82) is 0 Å². The average Bonchev–Trinajstić information content (AvgIpc) is 2.74. The van der Waals surface area contributed by atoms with E-state index in [0.717, 1.165) is 25.0 Å². The maximum atomic E-state index is 13.1. The summed E-state index contributed by atoms with van der Waals surface area (Å²) in [4.78, 5) is 49.0. The standard InChI is InChI=1S/C25H27ClO7/c1-6-14(2)9-15(3)7-8-17-12-18-19(13-32-17)23(30)25(5,24(31)22(18)26)33-21(29)11-16(4)10-20(27)28/h7-9,11-14H,6,10H2,1-5H3,(H,27,28)/b8-7+,15-9+,16-11-/t14-,25-/m0/s1. The van der Waals surface area contributed by atoms with E-state index in [0.29, 0.717) is 11.7 Å². The van der Waals surface area contributed by atoms with Gasteiger partial charge in [0.25, 0.3) is 0 Å². The topological polar surface area (TPSA) is 107 Å². The minimum atomic E-state index is -2.19. The number of ether oxygens (including phenoxy) is 2. The van der Waals surface area contributed by atoms with Gasteiger partial charge in [0.05, 0.1) is 17.0 Å². The van der Waals surface area contributed by atoms with E-state index in [1.165, 1.54) is 19.3 Å². The lowest BCUT2D eigenvalue weighted by molar-refractivity contribution is -0.165. The minimum Gasteiger partial charge on any atom is -0.481 e. The van der Waals surface area contributed by atoms with Crippen LogP contribution in [0.3, 0.4) is 0 Å². The van der Waals surface area contributed by atoms with E-state index in [4.69, 9.17) is 26.2 Å². The van der Waals surface area contributed by atoms with Gasteiger partial charge in [-0.05, 0) is 38.8 Å². The Morgan fingerprint density at radius 1 is 1.27 bits per heavy atom. The molecule has 0 spiro atoms. The number of halogens is 1. The van der Waals surface area contributed by atoms with Crippen molar-refractivity contribution in [3.8, 4) is 0 Å². The van der Waals surface area contributed by atoms with Crippen LogP contribution in [-0.4, -0.2) is 34.2 Å². The quantitative estimate of drug-likeness (QED) is 0.235. The molecule has 7 nitrogen and oxygen atoms in total. The first-order chi connectivity index (χ1) is 15.4. The first-order valence-electron chi connectivity index (χ1n) is 10.5. The maximum Gasteiger partial charge on any atom is 0.332 e. The van der Waals surface area contributed by atoms with Gasteiger partial charge in [-0.15, -0.1) is 0 Å². The molecule has 0 aromatic heterocycles. The Kier molecular flexibility index (Phi) is 8.39. The summed E-state index contributed by atoms with van der Waals surface area (Å²) in [5.74, 6) is -2.99. The van der Waals surface area contributed by atoms with Crippen molar-refractivity contribution in [2.45, 2.75) is 53.1 Å². The molecule has 8 heteroatoms. The summed E-state index contributed by atoms with van der Waals surface area (Å²) in [7, 11) is 0. The predicted molar refractivity (Wildman–Crippen MR) is 123 cm³/mol. The second-order valence-electron chi connectivity index (χ2n) is 8.23. The first kappa shape index (κ1) is 26.1. The number of hydrogen-bond donors (Lipinski definition) is 1. The molecule has 0 saturated heterocycles.